The molecule has 1 fully saturated rings. The number of para-hydroxylation sites is 1. The molecule has 23 heavy (non-hydrogen) atoms. The second kappa shape index (κ2) is 6.94. The van der Waals surface area contributed by atoms with E-state index in [1.807, 2.05) is 73.7 Å². The van der Waals surface area contributed by atoms with Gasteiger partial charge in [-0.3, -0.25) is 9.69 Å². The number of rotatable bonds is 3. The fourth-order valence-electron chi connectivity index (χ4n) is 2.33. The van der Waals surface area contributed by atoms with Crippen LogP contribution >= 0.6 is 24.0 Å². The fourth-order valence-corrected chi connectivity index (χ4v) is 3.68. The summed E-state index contributed by atoms with van der Waals surface area (Å²) in [7, 11) is 0. The van der Waals surface area contributed by atoms with Crippen LogP contribution in [0.2, 0.25) is 0 Å². The molecule has 1 heterocycles. The summed E-state index contributed by atoms with van der Waals surface area (Å²) in [4.78, 5) is 14.9. The van der Waals surface area contributed by atoms with Gasteiger partial charge in [0.1, 0.15) is 0 Å². The monoisotopic (exact) mass is 337 g/mol. The minimum absolute atomic E-state index is 0.0630. The number of nitrogens with zero attached hydrogens (tertiary/aromatic N) is 1. The van der Waals surface area contributed by atoms with Crippen molar-refractivity contribution in [3.8, 4) is 0 Å². The molecule has 0 unspecified atom stereocenters. The average Bonchev–Trinajstić information content (AvgIpc) is 2.83. The fraction of sp³-hybridized carbons (Fsp3) is 0.0526. The summed E-state index contributed by atoms with van der Waals surface area (Å²) in [5, 5.41) is 0. The highest BCUT2D eigenvalue weighted by Gasteiger charge is 2.32. The first-order chi connectivity index (χ1) is 11.1. The van der Waals surface area contributed by atoms with Gasteiger partial charge in [0.25, 0.3) is 5.91 Å². The molecule has 0 bridgehead atoms. The Balaban J connectivity index is 1.86. The molecule has 114 valence electrons. The second-order valence-electron chi connectivity index (χ2n) is 5.15. The van der Waals surface area contributed by atoms with Crippen LogP contribution in [0.5, 0.6) is 0 Å². The lowest BCUT2D eigenvalue weighted by Gasteiger charge is -2.13. The van der Waals surface area contributed by atoms with Crippen LogP contribution in [0.15, 0.2) is 77.2 Å². The van der Waals surface area contributed by atoms with Gasteiger partial charge in [-0.15, -0.1) is 0 Å². The van der Waals surface area contributed by atoms with Crippen LogP contribution in [0.4, 0.5) is 5.69 Å². The van der Waals surface area contributed by atoms with E-state index in [0.717, 1.165) is 16.8 Å². The first-order valence-corrected chi connectivity index (χ1v) is 8.44. The predicted molar refractivity (Wildman–Crippen MR) is 102 cm³/mol. The van der Waals surface area contributed by atoms with Crippen LogP contribution < -0.4 is 4.90 Å². The lowest BCUT2D eigenvalue weighted by atomic mass is 10.1. The standard InChI is InChI=1S/C19H15NOS2/c1-14(12-15-8-4-2-5-9-15)13-17-18(21)20(19(22)23-17)16-10-6-3-7-11-16/h2-13H,1H3/b14-12+,17-13-. The molecule has 1 amide bonds. The molecule has 2 aromatic rings. The number of carbonyl (C=O) groups excluding carboxylic acids is 1. The molecule has 0 atom stereocenters. The van der Waals surface area contributed by atoms with Crippen LogP contribution in [-0.4, -0.2) is 10.2 Å². The van der Waals surface area contributed by atoms with Crippen molar-refractivity contribution in [2.24, 2.45) is 0 Å². The van der Waals surface area contributed by atoms with Gasteiger partial charge >= 0.3 is 0 Å². The predicted octanol–water partition coefficient (Wildman–Crippen LogP) is 5.04. The van der Waals surface area contributed by atoms with Gasteiger partial charge in [-0.1, -0.05) is 78.6 Å². The number of hydrogen-bond acceptors (Lipinski definition) is 3. The molecule has 1 saturated heterocycles. The molecule has 0 radical (unpaired) electrons. The van der Waals surface area contributed by atoms with E-state index in [1.54, 1.807) is 4.90 Å². The Bertz CT molecular complexity index is 795. The quantitative estimate of drug-likeness (QED) is 0.578. The number of benzene rings is 2. The molecule has 1 aliphatic heterocycles. The second-order valence-corrected chi connectivity index (χ2v) is 6.83. The van der Waals surface area contributed by atoms with Crippen LogP contribution in [-0.2, 0) is 4.79 Å². The molecule has 1 aliphatic rings. The number of amides is 1. The molecule has 4 heteroatoms. The molecule has 3 rings (SSSR count). The summed E-state index contributed by atoms with van der Waals surface area (Å²) < 4.78 is 0.569. The summed E-state index contributed by atoms with van der Waals surface area (Å²) in [6.45, 7) is 1.99. The van der Waals surface area contributed by atoms with E-state index in [4.69, 9.17) is 12.2 Å². The molecule has 2 nitrogen and oxygen atoms in total. The molecule has 0 N–H and O–H groups in total. The van der Waals surface area contributed by atoms with Crippen molar-refractivity contribution >= 4 is 46.0 Å². The Morgan fingerprint density at radius 3 is 2.30 bits per heavy atom. The smallest absolute Gasteiger partial charge is 0.268 e. The van der Waals surface area contributed by atoms with E-state index in [1.165, 1.54) is 11.8 Å². The van der Waals surface area contributed by atoms with Gasteiger partial charge in [0.05, 0.1) is 10.6 Å². The third-order valence-corrected chi connectivity index (χ3v) is 4.66. The summed E-state index contributed by atoms with van der Waals surface area (Å²) in [5.74, 6) is -0.0630. The number of anilines is 1. The van der Waals surface area contributed by atoms with Gasteiger partial charge in [-0.25, -0.2) is 0 Å². The van der Waals surface area contributed by atoms with Crippen LogP contribution in [0, 0.1) is 0 Å². The first-order valence-electron chi connectivity index (χ1n) is 7.21. The average molecular weight is 337 g/mol. The van der Waals surface area contributed by atoms with Crippen LogP contribution in [0.3, 0.4) is 0 Å². The number of thiocarbonyl (C=S) groups is 1. The maximum atomic E-state index is 12.6. The van der Waals surface area contributed by atoms with Crippen LogP contribution in [0.25, 0.3) is 6.08 Å². The van der Waals surface area contributed by atoms with Crippen molar-refractivity contribution in [3.63, 3.8) is 0 Å². The van der Waals surface area contributed by atoms with E-state index < -0.39 is 0 Å². The highest BCUT2D eigenvalue weighted by molar-refractivity contribution is 8.27. The lowest BCUT2D eigenvalue weighted by Crippen LogP contribution is -2.27. The van der Waals surface area contributed by atoms with Crippen molar-refractivity contribution < 1.29 is 4.79 Å². The molecule has 0 aromatic heterocycles. The Kier molecular flexibility index (Phi) is 4.74. The van der Waals surface area contributed by atoms with Crippen molar-refractivity contribution in [3.05, 3.63) is 82.8 Å². The van der Waals surface area contributed by atoms with Gasteiger partial charge in [-0.05, 0) is 36.3 Å². The molecule has 0 saturated carbocycles. The molecular formula is C19H15NOS2. The highest BCUT2D eigenvalue weighted by atomic mass is 32.2. The zero-order valence-electron chi connectivity index (χ0n) is 12.6. The van der Waals surface area contributed by atoms with E-state index >= 15 is 0 Å². The summed E-state index contributed by atoms with van der Waals surface area (Å²) in [6.07, 6.45) is 3.95. The Morgan fingerprint density at radius 1 is 1.04 bits per heavy atom. The zero-order chi connectivity index (χ0) is 16.2. The van der Waals surface area contributed by atoms with E-state index in [0.29, 0.717) is 9.23 Å². The Morgan fingerprint density at radius 2 is 1.65 bits per heavy atom. The Hall–Kier alpha value is -2.17. The largest absolute Gasteiger partial charge is 0.270 e. The Labute approximate surface area is 145 Å². The number of carbonyl (C=O) groups is 1. The normalized spacial score (nSPS) is 17.2. The molecule has 0 spiro atoms. The van der Waals surface area contributed by atoms with Crippen molar-refractivity contribution in [1.82, 2.24) is 0 Å². The van der Waals surface area contributed by atoms with Crippen LogP contribution in [0.1, 0.15) is 12.5 Å². The highest BCUT2D eigenvalue weighted by Crippen LogP contribution is 2.35. The van der Waals surface area contributed by atoms with E-state index in [9.17, 15) is 4.79 Å². The van der Waals surface area contributed by atoms with Crippen molar-refractivity contribution in [2.75, 3.05) is 4.90 Å². The maximum Gasteiger partial charge on any atom is 0.270 e. The van der Waals surface area contributed by atoms with Crippen molar-refractivity contribution in [2.45, 2.75) is 6.92 Å². The number of thioether (sulfide) groups is 1. The number of hydrogen-bond donors (Lipinski definition) is 0. The lowest BCUT2D eigenvalue weighted by molar-refractivity contribution is -0.113. The summed E-state index contributed by atoms with van der Waals surface area (Å²) in [6, 6.07) is 19.5. The minimum atomic E-state index is -0.0630. The minimum Gasteiger partial charge on any atom is -0.268 e. The molecule has 2 aromatic carbocycles. The third-order valence-electron chi connectivity index (χ3n) is 3.36. The van der Waals surface area contributed by atoms with E-state index in [-0.39, 0.29) is 5.91 Å². The molecular weight excluding hydrogens is 322 g/mol. The number of allylic oxidation sites excluding steroid dienone is 2. The van der Waals surface area contributed by atoms with Gasteiger partial charge in [0.15, 0.2) is 4.32 Å². The maximum absolute atomic E-state index is 12.6. The summed E-state index contributed by atoms with van der Waals surface area (Å²) >= 11 is 6.71. The SMILES string of the molecule is CC(/C=C1\SC(=S)N(c2ccccc2)C1=O)=C\c1ccccc1. The van der Waals surface area contributed by atoms with Gasteiger partial charge < -0.3 is 0 Å². The molecule has 0 aliphatic carbocycles. The van der Waals surface area contributed by atoms with Gasteiger partial charge in [0, 0.05) is 0 Å². The first kappa shape index (κ1) is 15.7. The van der Waals surface area contributed by atoms with E-state index in [2.05, 4.69) is 6.08 Å². The van der Waals surface area contributed by atoms with Gasteiger partial charge in [-0.2, -0.15) is 0 Å². The van der Waals surface area contributed by atoms with Crippen molar-refractivity contribution in [1.29, 1.82) is 0 Å². The summed E-state index contributed by atoms with van der Waals surface area (Å²) in [5.41, 5.74) is 2.94. The third kappa shape index (κ3) is 3.60. The zero-order valence-corrected chi connectivity index (χ0v) is 14.2. The topological polar surface area (TPSA) is 20.3 Å². The van der Waals surface area contributed by atoms with Gasteiger partial charge in [0.2, 0.25) is 0 Å².